The van der Waals surface area contributed by atoms with Crippen LogP contribution in [0.15, 0.2) is 79.0 Å². The summed E-state index contributed by atoms with van der Waals surface area (Å²) >= 11 is 0. The first-order valence-corrected chi connectivity index (χ1v) is 9.61. The van der Waals surface area contributed by atoms with E-state index in [0.717, 1.165) is 11.3 Å². The molecule has 0 unspecified atom stereocenters. The number of aromatic nitrogens is 4. The lowest BCUT2D eigenvalue weighted by Gasteiger charge is -2.16. The fraction of sp³-hybridized carbons (Fsp3) is 0.130. The molecule has 7 nitrogen and oxygen atoms in total. The van der Waals surface area contributed by atoms with Crippen molar-refractivity contribution in [2.75, 3.05) is 24.3 Å². The van der Waals surface area contributed by atoms with Gasteiger partial charge in [-0.15, -0.1) is 5.10 Å². The van der Waals surface area contributed by atoms with Crippen LogP contribution in [-0.2, 0) is 6.54 Å². The van der Waals surface area contributed by atoms with Crippen molar-refractivity contribution in [3.63, 3.8) is 0 Å². The van der Waals surface area contributed by atoms with E-state index in [4.69, 9.17) is 0 Å². The first-order valence-electron chi connectivity index (χ1n) is 9.61. The van der Waals surface area contributed by atoms with Crippen LogP contribution >= 0.6 is 0 Å². The molecule has 0 atom stereocenters. The van der Waals surface area contributed by atoms with E-state index in [9.17, 15) is 4.79 Å². The van der Waals surface area contributed by atoms with Gasteiger partial charge in [-0.1, -0.05) is 48.5 Å². The second-order valence-electron chi connectivity index (χ2n) is 6.94. The minimum atomic E-state index is -0.260. The summed E-state index contributed by atoms with van der Waals surface area (Å²) in [5.74, 6) is 0.504. The average molecular weight is 398 g/mol. The van der Waals surface area contributed by atoms with Crippen LogP contribution in [0.3, 0.4) is 0 Å². The van der Waals surface area contributed by atoms with Gasteiger partial charge in [-0.3, -0.25) is 9.78 Å². The highest BCUT2D eigenvalue weighted by atomic mass is 16.2. The topological polar surface area (TPSA) is 75.9 Å². The molecule has 2 heterocycles. The first-order chi connectivity index (χ1) is 14.6. The van der Waals surface area contributed by atoms with Crippen molar-refractivity contribution in [1.82, 2.24) is 19.7 Å². The molecule has 4 aromatic rings. The molecule has 150 valence electrons. The second kappa shape index (κ2) is 8.57. The molecule has 0 aliphatic rings. The highest BCUT2D eigenvalue weighted by molar-refractivity contribution is 6.02. The van der Waals surface area contributed by atoms with Gasteiger partial charge in [-0.25, -0.2) is 0 Å². The van der Waals surface area contributed by atoms with Crippen LogP contribution in [0.5, 0.6) is 0 Å². The van der Waals surface area contributed by atoms with Gasteiger partial charge in [0.15, 0.2) is 0 Å². The normalized spacial score (nSPS) is 10.6. The molecule has 0 saturated carbocycles. The summed E-state index contributed by atoms with van der Waals surface area (Å²) in [6, 6.07) is 22.9. The fourth-order valence-electron chi connectivity index (χ4n) is 3.11. The minimum Gasteiger partial charge on any atom is -0.377 e. The predicted molar refractivity (Wildman–Crippen MR) is 118 cm³/mol. The summed E-state index contributed by atoms with van der Waals surface area (Å²) in [4.78, 5) is 24.2. The zero-order chi connectivity index (χ0) is 20.9. The second-order valence-corrected chi connectivity index (χ2v) is 6.94. The lowest BCUT2D eigenvalue weighted by atomic mass is 10.1. The Morgan fingerprint density at radius 1 is 0.967 bits per heavy atom. The number of rotatable bonds is 6. The van der Waals surface area contributed by atoms with Crippen molar-refractivity contribution in [1.29, 1.82) is 0 Å². The Balaban J connectivity index is 1.73. The Hall–Kier alpha value is -4.00. The number of carbonyl (C=O) groups is 1. The van der Waals surface area contributed by atoms with Crippen LogP contribution in [-0.4, -0.2) is 39.8 Å². The van der Waals surface area contributed by atoms with Crippen molar-refractivity contribution >= 4 is 17.5 Å². The molecule has 4 rings (SSSR count). The summed E-state index contributed by atoms with van der Waals surface area (Å²) < 4.78 is 1.31. The Morgan fingerprint density at radius 2 is 1.70 bits per heavy atom. The molecule has 0 bridgehead atoms. The Labute approximate surface area is 175 Å². The maximum Gasteiger partial charge on any atom is 0.283 e. The molecule has 0 aliphatic carbocycles. The van der Waals surface area contributed by atoms with Crippen LogP contribution < -0.4 is 10.2 Å². The van der Waals surface area contributed by atoms with Crippen LogP contribution in [0, 0.1) is 0 Å². The third kappa shape index (κ3) is 4.05. The zero-order valence-corrected chi connectivity index (χ0v) is 16.9. The molecule has 0 amide bonds. The summed E-state index contributed by atoms with van der Waals surface area (Å²) in [7, 11) is 3.81. The van der Waals surface area contributed by atoms with E-state index in [2.05, 4.69) is 20.4 Å². The van der Waals surface area contributed by atoms with Gasteiger partial charge >= 0.3 is 0 Å². The lowest BCUT2D eigenvalue weighted by molar-refractivity contribution is 0.0948. The highest BCUT2D eigenvalue weighted by Crippen LogP contribution is 2.22. The molecule has 0 fully saturated rings. The average Bonchev–Trinajstić information content (AvgIpc) is 3.23. The van der Waals surface area contributed by atoms with Crippen molar-refractivity contribution in [2.24, 2.45) is 0 Å². The van der Waals surface area contributed by atoms with Crippen LogP contribution in [0.1, 0.15) is 15.9 Å². The standard InChI is InChI=1S/C23H22N6O/c1-28(2)20-14-7-6-12-18(20)22(30)29-23(25-16-17-10-4-3-5-11-17)26-21(27-29)19-13-8-9-15-24-19/h3-15H,16H2,1-2H3,(H,25,26,27). The van der Waals surface area contributed by atoms with Gasteiger partial charge in [0.2, 0.25) is 11.8 Å². The third-order valence-electron chi connectivity index (χ3n) is 4.60. The molecule has 0 saturated heterocycles. The quantitative estimate of drug-likeness (QED) is 0.534. The predicted octanol–water partition coefficient (Wildman–Crippen LogP) is 3.71. The SMILES string of the molecule is CN(C)c1ccccc1C(=O)n1nc(-c2ccccn2)nc1NCc1ccccc1. The van der Waals surface area contributed by atoms with E-state index in [0.29, 0.717) is 29.6 Å². The van der Waals surface area contributed by atoms with Crippen LogP contribution in [0.4, 0.5) is 11.6 Å². The smallest absolute Gasteiger partial charge is 0.283 e. The monoisotopic (exact) mass is 398 g/mol. The summed E-state index contributed by atoms with van der Waals surface area (Å²) in [5.41, 5.74) is 3.04. The third-order valence-corrected chi connectivity index (χ3v) is 4.60. The molecule has 0 aliphatic heterocycles. The number of benzene rings is 2. The van der Waals surface area contributed by atoms with E-state index in [1.54, 1.807) is 12.3 Å². The van der Waals surface area contributed by atoms with Gasteiger partial charge in [0.05, 0.1) is 5.56 Å². The molecular weight excluding hydrogens is 376 g/mol. The minimum absolute atomic E-state index is 0.260. The van der Waals surface area contributed by atoms with Gasteiger partial charge in [0.1, 0.15) is 5.69 Å². The van der Waals surface area contributed by atoms with Gasteiger partial charge in [0.25, 0.3) is 5.91 Å². The van der Waals surface area contributed by atoms with E-state index in [-0.39, 0.29) is 5.91 Å². The molecule has 0 radical (unpaired) electrons. The molecule has 7 heteroatoms. The molecule has 30 heavy (non-hydrogen) atoms. The summed E-state index contributed by atoms with van der Waals surface area (Å²) in [5, 5.41) is 7.73. The number of nitrogens with one attached hydrogen (secondary N) is 1. The van der Waals surface area contributed by atoms with Crippen molar-refractivity contribution in [3.8, 4) is 11.5 Å². The number of nitrogens with zero attached hydrogens (tertiary/aromatic N) is 5. The summed E-state index contributed by atoms with van der Waals surface area (Å²) in [6.07, 6.45) is 1.68. The lowest BCUT2D eigenvalue weighted by Crippen LogP contribution is -2.21. The maximum atomic E-state index is 13.4. The van der Waals surface area contributed by atoms with Gasteiger partial charge in [-0.05, 0) is 29.8 Å². The van der Waals surface area contributed by atoms with Crippen molar-refractivity contribution in [2.45, 2.75) is 6.54 Å². The molecule has 2 aromatic carbocycles. The number of carbonyl (C=O) groups excluding carboxylic acids is 1. The number of anilines is 2. The number of hydrogen-bond acceptors (Lipinski definition) is 6. The molecule has 0 spiro atoms. The van der Waals surface area contributed by atoms with Crippen molar-refractivity contribution in [3.05, 3.63) is 90.1 Å². The largest absolute Gasteiger partial charge is 0.377 e. The number of hydrogen-bond donors (Lipinski definition) is 1. The van der Waals surface area contributed by atoms with Crippen molar-refractivity contribution < 1.29 is 4.79 Å². The fourth-order valence-corrected chi connectivity index (χ4v) is 3.11. The maximum absolute atomic E-state index is 13.4. The molecule has 1 N–H and O–H groups in total. The van der Waals surface area contributed by atoms with Crippen LogP contribution in [0.2, 0.25) is 0 Å². The number of pyridine rings is 1. The van der Waals surface area contributed by atoms with Crippen LogP contribution in [0.25, 0.3) is 11.5 Å². The van der Waals surface area contributed by atoms with E-state index < -0.39 is 0 Å². The van der Waals surface area contributed by atoms with Gasteiger partial charge < -0.3 is 10.2 Å². The van der Waals surface area contributed by atoms with Gasteiger partial charge in [0, 0.05) is 32.5 Å². The zero-order valence-electron chi connectivity index (χ0n) is 16.9. The van der Waals surface area contributed by atoms with Gasteiger partial charge in [-0.2, -0.15) is 9.67 Å². The Morgan fingerprint density at radius 3 is 2.43 bits per heavy atom. The van der Waals surface area contributed by atoms with E-state index >= 15 is 0 Å². The first kappa shape index (κ1) is 19.3. The number of para-hydroxylation sites is 1. The highest BCUT2D eigenvalue weighted by Gasteiger charge is 2.21. The van der Waals surface area contributed by atoms with E-state index in [1.807, 2.05) is 85.7 Å². The summed E-state index contributed by atoms with van der Waals surface area (Å²) in [6.45, 7) is 0.518. The molecule has 2 aromatic heterocycles. The molecular formula is C23H22N6O. The Kier molecular flexibility index (Phi) is 5.52. The Bertz CT molecular complexity index is 1140. The van der Waals surface area contributed by atoms with E-state index in [1.165, 1.54) is 4.68 Å².